The standard InChI is InChI=1S/C21H18ClF3N2O/c1-14-20(22)19(27-13-26-14)4-2-3-15-5-9-17(10-6-15)28-18-11-7-16(8-12-18)21(23,24)25/h5-13H,2-4H2,1H3. The highest BCUT2D eigenvalue weighted by Gasteiger charge is 2.30. The molecule has 0 N–H and O–H groups in total. The lowest BCUT2D eigenvalue weighted by atomic mass is 10.1. The number of halogens is 4. The molecule has 0 aliphatic rings. The second-order valence-corrected chi connectivity index (χ2v) is 6.72. The Kier molecular flexibility index (Phi) is 6.19. The van der Waals surface area contributed by atoms with Crippen LogP contribution >= 0.6 is 11.6 Å². The molecule has 1 aromatic heterocycles. The zero-order valence-corrected chi connectivity index (χ0v) is 15.9. The molecule has 0 spiro atoms. The fourth-order valence-electron chi connectivity index (χ4n) is 2.71. The fourth-order valence-corrected chi connectivity index (χ4v) is 2.91. The van der Waals surface area contributed by atoms with E-state index in [0.29, 0.717) is 16.5 Å². The van der Waals surface area contributed by atoms with Crippen molar-refractivity contribution in [2.75, 3.05) is 0 Å². The van der Waals surface area contributed by atoms with Crippen molar-refractivity contribution in [2.24, 2.45) is 0 Å². The van der Waals surface area contributed by atoms with E-state index in [0.717, 1.165) is 48.3 Å². The Hall–Kier alpha value is -2.60. The van der Waals surface area contributed by atoms with Crippen LogP contribution in [0.1, 0.15) is 28.9 Å². The third kappa shape index (κ3) is 5.23. The number of alkyl halides is 3. The van der Waals surface area contributed by atoms with Gasteiger partial charge in [-0.3, -0.25) is 0 Å². The van der Waals surface area contributed by atoms with Crippen molar-refractivity contribution in [1.29, 1.82) is 0 Å². The summed E-state index contributed by atoms with van der Waals surface area (Å²) >= 11 is 6.20. The minimum Gasteiger partial charge on any atom is -0.457 e. The summed E-state index contributed by atoms with van der Waals surface area (Å²) in [5.74, 6) is 0.924. The Morgan fingerprint density at radius 3 is 2.11 bits per heavy atom. The minimum atomic E-state index is -4.35. The third-order valence-corrected chi connectivity index (χ3v) is 4.75. The number of aryl methyl sites for hydroxylation is 3. The number of aromatic nitrogens is 2. The topological polar surface area (TPSA) is 35.0 Å². The van der Waals surface area contributed by atoms with Crippen LogP contribution in [0, 0.1) is 6.92 Å². The van der Waals surface area contributed by atoms with Gasteiger partial charge in [-0.05, 0) is 68.1 Å². The van der Waals surface area contributed by atoms with E-state index >= 15 is 0 Å². The van der Waals surface area contributed by atoms with Crippen molar-refractivity contribution in [2.45, 2.75) is 32.4 Å². The normalized spacial score (nSPS) is 11.5. The molecule has 0 atom stereocenters. The molecule has 7 heteroatoms. The smallest absolute Gasteiger partial charge is 0.416 e. The van der Waals surface area contributed by atoms with Crippen molar-refractivity contribution in [3.8, 4) is 11.5 Å². The monoisotopic (exact) mass is 406 g/mol. The quantitative estimate of drug-likeness (QED) is 0.473. The summed E-state index contributed by atoms with van der Waals surface area (Å²) < 4.78 is 43.4. The van der Waals surface area contributed by atoms with Gasteiger partial charge in [0.15, 0.2) is 0 Å². The second-order valence-electron chi connectivity index (χ2n) is 6.34. The average molecular weight is 407 g/mol. The van der Waals surface area contributed by atoms with E-state index in [9.17, 15) is 13.2 Å². The van der Waals surface area contributed by atoms with E-state index in [1.807, 2.05) is 19.1 Å². The van der Waals surface area contributed by atoms with Crippen LogP contribution < -0.4 is 4.74 Å². The Morgan fingerprint density at radius 2 is 1.50 bits per heavy atom. The summed E-state index contributed by atoms with van der Waals surface area (Å²) in [4.78, 5) is 8.27. The molecule has 0 unspecified atom stereocenters. The Bertz CT molecular complexity index is 926. The first-order valence-electron chi connectivity index (χ1n) is 8.73. The van der Waals surface area contributed by atoms with Gasteiger partial charge in [-0.1, -0.05) is 23.7 Å². The number of ether oxygens (including phenoxy) is 1. The summed E-state index contributed by atoms with van der Waals surface area (Å²) in [7, 11) is 0. The van der Waals surface area contributed by atoms with Crippen LogP contribution in [0.4, 0.5) is 13.2 Å². The summed E-state index contributed by atoms with van der Waals surface area (Å²) in [6.07, 6.45) is -0.347. The molecule has 0 amide bonds. The van der Waals surface area contributed by atoms with E-state index < -0.39 is 11.7 Å². The molecule has 1 heterocycles. The maximum Gasteiger partial charge on any atom is 0.416 e. The van der Waals surface area contributed by atoms with Gasteiger partial charge in [0.2, 0.25) is 0 Å². The first-order chi connectivity index (χ1) is 13.3. The molecule has 3 aromatic rings. The highest BCUT2D eigenvalue weighted by atomic mass is 35.5. The molecule has 0 bridgehead atoms. The first kappa shape index (κ1) is 20.1. The molecule has 0 aliphatic carbocycles. The Morgan fingerprint density at radius 1 is 0.893 bits per heavy atom. The van der Waals surface area contributed by atoms with Gasteiger partial charge in [0.1, 0.15) is 17.8 Å². The maximum absolute atomic E-state index is 12.6. The van der Waals surface area contributed by atoms with Crippen molar-refractivity contribution in [3.63, 3.8) is 0 Å². The SMILES string of the molecule is Cc1ncnc(CCCc2ccc(Oc3ccc(C(F)(F)F)cc3)cc2)c1Cl. The van der Waals surface area contributed by atoms with Crippen molar-refractivity contribution in [3.05, 3.63) is 82.4 Å². The van der Waals surface area contributed by atoms with Gasteiger partial charge in [-0.15, -0.1) is 0 Å². The van der Waals surface area contributed by atoms with E-state index in [1.54, 1.807) is 12.1 Å². The van der Waals surface area contributed by atoms with Crippen LogP contribution in [-0.2, 0) is 19.0 Å². The van der Waals surface area contributed by atoms with Crippen LogP contribution in [0.15, 0.2) is 54.9 Å². The predicted molar refractivity (Wildman–Crippen MR) is 102 cm³/mol. The molecule has 2 aromatic carbocycles. The highest BCUT2D eigenvalue weighted by molar-refractivity contribution is 6.31. The van der Waals surface area contributed by atoms with E-state index in [2.05, 4.69) is 9.97 Å². The number of hydrogen-bond donors (Lipinski definition) is 0. The number of rotatable bonds is 6. The average Bonchev–Trinajstić information content (AvgIpc) is 2.66. The zero-order chi connectivity index (χ0) is 20.1. The van der Waals surface area contributed by atoms with Gasteiger partial charge in [0, 0.05) is 0 Å². The third-order valence-electron chi connectivity index (χ3n) is 4.26. The Balaban J connectivity index is 1.54. The van der Waals surface area contributed by atoms with Gasteiger partial charge < -0.3 is 4.74 Å². The largest absolute Gasteiger partial charge is 0.457 e. The number of hydrogen-bond acceptors (Lipinski definition) is 3. The van der Waals surface area contributed by atoms with Crippen LogP contribution in [0.25, 0.3) is 0 Å². The Labute approximate surface area is 166 Å². The molecule has 28 heavy (non-hydrogen) atoms. The molecule has 3 rings (SSSR count). The van der Waals surface area contributed by atoms with E-state index in [1.165, 1.54) is 18.5 Å². The molecule has 0 saturated carbocycles. The maximum atomic E-state index is 12.6. The molecule has 146 valence electrons. The van der Waals surface area contributed by atoms with Crippen molar-refractivity contribution in [1.82, 2.24) is 9.97 Å². The van der Waals surface area contributed by atoms with E-state index in [-0.39, 0.29) is 0 Å². The highest BCUT2D eigenvalue weighted by Crippen LogP contribution is 2.31. The van der Waals surface area contributed by atoms with Crippen molar-refractivity contribution < 1.29 is 17.9 Å². The van der Waals surface area contributed by atoms with Gasteiger partial charge in [-0.25, -0.2) is 9.97 Å². The summed E-state index contributed by atoms with van der Waals surface area (Å²) in [6, 6.07) is 12.1. The van der Waals surface area contributed by atoms with Gasteiger partial charge >= 0.3 is 6.18 Å². The molecular weight excluding hydrogens is 389 g/mol. The molecule has 3 nitrogen and oxygen atoms in total. The fraction of sp³-hybridized carbons (Fsp3) is 0.238. The molecule has 0 radical (unpaired) electrons. The van der Waals surface area contributed by atoms with Crippen molar-refractivity contribution >= 4 is 11.6 Å². The lowest BCUT2D eigenvalue weighted by molar-refractivity contribution is -0.137. The second kappa shape index (κ2) is 8.61. The number of nitrogens with zero attached hydrogens (tertiary/aromatic N) is 2. The van der Waals surface area contributed by atoms with Crippen LogP contribution in [0.5, 0.6) is 11.5 Å². The summed E-state index contributed by atoms with van der Waals surface area (Å²) in [5, 5.41) is 0.614. The molecule has 0 aliphatic heterocycles. The van der Waals surface area contributed by atoms with Gasteiger partial charge in [0.25, 0.3) is 0 Å². The van der Waals surface area contributed by atoms with Crippen LogP contribution in [0.2, 0.25) is 5.02 Å². The van der Waals surface area contributed by atoms with E-state index in [4.69, 9.17) is 16.3 Å². The first-order valence-corrected chi connectivity index (χ1v) is 9.11. The summed E-state index contributed by atoms with van der Waals surface area (Å²) in [5.41, 5.74) is 2.05. The minimum absolute atomic E-state index is 0.356. The molecular formula is C21H18ClF3N2O. The number of benzene rings is 2. The predicted octanol–water partition coefficient (Wildman–Crippen LogP) is 6.42. The lowest BCUT2D eigenvalue weighted by Crippen LogP contribution is -2.03. The summed E-state index contributed by atoms with van der Waals surface area (Å²) in [6.45, 7) is 1.85. The van der Waals surface area contributed by atoms with Gasteiger partial charge in [-0.2, -0.15) is 13.2 Å². The zero-order valence-electron chi connectivity index (χ0n) is 15.1. The van der Waals surface area contributed by atoms with Crippen LogP contribution in [0.3, 0.4) is 0 Å². The molecule has 0 fully saturated rings. The molecule has 0 saturated heterocycles. The lowest BCUT2D eigenvalue weighted by Gasteiger charge is -2.09. The van der Waals surface area contributed by atoms with Gasteiger partial charge in [0.05, 0.1) is 22.0 Å². The van der Waals surface area contributed by atoms with Crippen LogP contribution in [-0.4, -0.2) is 9.97 Å².